The van der Waals surface area contributed by atoms with Gasteiger partial charge in [0, 0.05) is 5.56 Å². The van der Waals surface area contributed by atoms with Gasteiger partial charge in [0.05, 0.1) is 0 Å². The number of rotatable bonds is 2. The smallest absolute Gasteiger partial charge is 0.125 e. The van der Waals surface area contributed by atoms with Crippen molar-refractivity contribution in [2.45, 2.75) is 33.6 Å². The fraction of sp³-hybridized carbons (Fsp3) is 0.455. The molecule has 0 atom stereocenters. The highest BCUT2D eigenvalue weighted by molar-refractivity contribution is 5.52. The fourth-order valence-corrected chi connectivity index (χ4v) is 1.48. The van der Waals surface area contributed by atoms with Crippen molar-refractivity contribution in [3.05, 3.63) is 22.8 Å². The van der Waals surface area contributed by atoms with E-state index in [9.17, 15) is 10.2 Å². The summed E-state index contributed by atoms with van der Waals surface area (Å²) in [5, 5.41) is 19.3. The second kappa shape index (κ2) is 3.69. The molecular formula is C11H16O2. The number of phenolic OH excluding ortho intramolecular Hbond substituents is 2. The first kappa shape index (κ1) is 9.90. The Hall–Kier alpha value is -1.18. The molecule has 0 radical (unpaired) electrons. The summed E-state index contributed by atoms with van der Waals surface area (Å²) in [6.45, 7) is 5.72. The summed E-state index contributed by atoms with van der Waals surface area (Å²) in [5.41, 5.74) is 2.41. The van der Waals surface area contributed by atoms with Crippen LogP contribution in [0.3, 0.4) is 0 Å². The summed E-state index contributed by atoms with van der Waals surface area (Å²) >= 11 is 0. The molecule has 1 rings (SSSR count). The number of phenols is 2. The molecule has 2 heteroatoms. The SMILES string of the molecule is CCc1cc(CC)c(O)c(C)c1O. The Morgan fingerprint density at radius 2 is 1.38 bits per heavy atom. The standard InChI is InChI=1S/C11H16O2/c1-4-8-6-9(5-2)11(13)7(3)10(8)12/h6,12-13H,4-5H2,1-3H3. The van der Waals surface area contributed by atoms with E-state index in [4.69, 9.17) is 0 Å². The molecule has 2 nitrogen and oxygen atoms in total. The lowest BCUT2D eigenvalue weighted by atomic mass is 10.00. The number of aryl methyl sites for hydroxylation is 2. The molecule has 13 heavy (non-hydrogen) atoms. The van der Waals surface area contributed by atoms with Crippen molar-refractivity contribution in [3.63, 3.8) is 0 Å². The predicted molar refractivity (Wildman–Crippen MR) is 53.3 cm³/mol. The quantitative estimate of drug-likeness (QED) is 0.734. The van der Waals surface area contributed by atoms with Crippen molar-refractivity contribution in [1.82, 2.24) is 0 Å². The van der Waals surface area contributed by atoms with Crippen molar-refractivity contribution in [1.29, 1.82) is 0 Å². The van der Waals surface area contributed by atoms with Gasteiger partial charge in [0.2, 0.25) is 0 Å². The summed E-state index contributed by atoms with van der Waals surface area (Å²) < 4.78 is 0. The van der Waals surface area contributed by atoms with Gasteiger partial charge in [-0.2, -0.15) is 0 Å². The summed E-state index contributed by atoms with van der Waals surface area (Å²) in [6.07, 6.45) is 1.58. The molecule has 0 heterocycles. The number of aromatic hydroxyl groups is 2. The van der Waals surface area contributed by atoms with Crippen LogP contribution in [0.1, 0.15) is 30.5 Å². The van der Waals surface area contributed by atoms with Gasteiger partial charge >= 0.3 is 0 Å². The van der Waals surface area contributed by atoms with Crippen LogP contribution < -0.4 is 0 Å². The highest BCUT2D eigenvalue weighted by Crippen LogP contribution is 2.33. The average molecular weight is 180 g/mol. The van der Waals surface area contributed by atoms with E-state index in [0.29, 0.717) is 5.56 Å². The Kier molecular flexibility index (Phi) is 2.81. The first-order chi connectivity index (χ1) is 6.11. The summed E-state index contributed by atoms with van der Waals surface area (Å²) in [5.74, 6) is 0.467. The minimum atomic E-state index is 0.234. The number of hydrogen-bond acceptors (Lipinski definition) is 2. The van der Waals surface area contributed by atoms with Gasteiger partial charge in [0.1, 0.15) is 11.5 Å². The van der Waals surface area contributed by atoms with Gasteiger partial charge < -0.3 is 10.2 Å². The Bertz CT molecular complexity index is 288. The van der Waals surface area contributed by atoms with Crippen LogP contribution in [-0.2, 0) is 12.8 Å². The zero-order chi connectivity index (χ0) is 10.0. The van der Waals surface area contributed by atoms with Gasteiger partial charge in [0.25, 0.3) is 0 Å². The normalized spacial score (nSPS) is 10.4. The average Bonchev–Trinajstić information content (AvgIpc) is 2.15. The molecule has 0 bridgehead atoms. The Labute approximate surface area is 78.8 Å². The van der Waals surface area contributed by atoms with Crippen LogP contribution in [0.2, 0.25) is 0 Å². The lowest BCUT2D eigenvalue weighted by Gasteiger charge is -2.11. The van der Waals surface area contributed by atoms with Gasteiger partial charge in [-0.05, 0) is 37.0 Å². The van der Waals surface area contributed by atoms with E-state index >= 15 is 0 Å². The topological polar surface area (TPSA) is 40.5 Å². The maximum absolute atomic E-state index is 9.64. The van der Waals surface area contributed by atoms with Crippen LogP contribution >= 0.6 is 0 Å². The molecule has 1 aromatic carbocycles. The number of benzene rings is 1. The van der Waals surface area contributed by atoms with Crippen molar-refractivity contribution >= 4 is 0 Å². The van der Waals surface area contributed by atoms with E-state index in [1.165, 1.54) is 0 Å². The second-order valence-electron chi connectivity index (χ2n) is 3.22. The van der Waals surface area contributed by atoms with E-state index in [2.05, 4.69) is 0 Å². The highest BCUT2D eigenvalue weighted by Gasteiger charge is 2.11. The lowest BCUT2D eigenvalue weighted by Crippen LogP contribution is -1.91. The maximum atomic E-state index is 9.64. The van der Waals surface area contributed by atoms with Crippen LogP contribution in [0, 0.1) is 6.92 Å². The molecule has 0 aliphatic heterocycles. The predicted octanol–water partition coefficient (Wildman–Crippen LogP) is 2.53. The minimum absolute atomic E-state index is 0.234. The Morgan fingerprint density at radius 1 is 1.00 bits per heavy atom. The molecule has 0 spiro atoms. The van der Waals surface area contributed by atoms with Crippen LogP contribution in [0.15, 0.2) is 6.07 Å². The molecule has 72 valence electrons. The van der Waals surface area contributed by atoms with E-state index in [-0.39, 0.29) is 11.5 Å². The zero-order valence-corrected chi connectivity index (χ0v) is 8.39. The molecule has 1 aromatic rings. The van der Waals surface area contributed by atoms with E-state index in [0.717, 1.165) is 24.0 Å². The third-order valence-corrected chi connectivity index (χ3v) is 2.43. The first-order valence-corrected chi connectivity index (χ1v) is 4.65. The third-order valence-electron chi connectivity index (χ3n) is 2.43. The molecular weight excluding hydrogens is 164 g/mol. The van der Waals surface area contributed by atoms with Crippen molar-refractivity contribution < 1.29 is 10.2 Å². The lowest BCUT2D eigenvalue weighted by molar-refractivity contribution is 0.435. The van der Waals surface area contributed by atoms with Crippen LogP contribution in [0.25, 0.3) is 0 Å². The van der Waals surface area contributed by atoms with E-state index < -0.39 is 0 Å². The van der Waals surface area contributed by atoms with Gasteiger partial charge in [-0.25, -0.2) is 0 Å². The van der Waals surface area contributed by atoms with Gasteiger partial charge in [-0.1, -0.05) is 13.8 Å². The van der Waals surface area contributed by atoms with E-state index in [1.807, 2.05) is 19.9 Å². The largest absolute Gasteiger partial charge is 0.507 e. The third kappa shape index (κ3) is 1.62. The first-order valence-electron chi connectivity index (χ1n) is 4.65. The monoisotopic (exact) mass is 180 g/mol. The Morgan fingerprint density at radius 3 is 1.69 bits per heavy atom. The maximum Gasteiger partial charge on any atom is 0.125 e. The van der Waals surface area contributed by atoms with Gasteiger partial charge in [-0.15, -0.1) is 0 Å². The van der Waals surface area contributed by atoms with Crippen molar-refractivity contribution in [2.24, 2.45) is 0 Å². The molecule has 0 aliphatic carbocycles. The van der Waals surface area contributed by atoms with Crippen LogP contribution in [0.4, 0.5) is 0 Å². The highest BCUT2D eigenvalue weighted by atomic mass is 16.3. The van der Waals surface area contributed by atoms with Gasteiger partial charge in [0.15, 0.2) is 0 Å². The molecule has 0 saturated carbocycles. The van der Waals surface area contributed by atoms with Crippen LogP contribution in [0.5, 0.6) is 11.5 Å². The molecule has 0 aliphatic rings. The van der Waals surface area contributed by atoms with Crippen molar-refractivity contribution in [2.75, 3.05) is 0 Å². The number of hydrogen-bond donors (Lipinski definition) is 2. The summed E-state index contributed by atoms with van der Waals surface area (Å²) in [6, 6.07) is 1.87. The fourth-order valence-electron chi connectivity index (χ4n) is 1.48. The molecule has 0 fully saturated rings. The van der Waals surface area contributed by atoms with E-state index in [1.54, 1.807) is 6.92 Å². The molecule has 2 N–H and O–H groups in total. The second-order valence-corrected chi connectivity index (χ2v) is 3.22. The van der Waals surface area contributed by atoms with Gasteiger partial charge in [-0.3, -0.25) is 0 Å². The minimum Gasteiger partial charge on any atom is -0.507 e. The zero-order valence-electron chi connectivity index (χ0n) is 8.39. The summed E-state index contributed by atoms with van der Waals surface area (Å²) in [7, 11) is 0. The molecule has 0 saturated heterocycles. The summed E-state index contributed by atoms with van der Waals surface area (Å²) in [4.78, 5) is 0. The molecule has 0 amide bonds. The van der Waals surface area contributed by atoms with Crippen LogP contribution in [-0.4, -0.2) is 10.2 Å². The molecule has 0 aromatic heterocycles. The Balaban J connectivity index is 3.36. The molecule has 0 unspecified atom stereocenters. The van der Waals surface area contributed by atoms with Crippen molar-refractivity contribution in [3.8, 4) is 11.5 Å².